The molecule has 5 unspecified atom stereocenters. The van der Waals surface area contributed by atoms with E-state index < -0.39 is 30.2 Å². The number of aliphatic hydroxyl groups excluding tert-OH is 2. The van der Waals surface area contributed by atoms with Crippen LogP contribution < -0.4 is 21.7 Å². The minimum absolute atomic E-state index is 0.00388. The number of allylic oxidation sites excluding steroid dienone is 1. The highest BCUT2D eigenvalue weighted by Gasteiger charge is 2.30. The van der Waals surface area contributed by atoms with Crippen molar-refractivity contribution >= 4 is 35.8 Å². The number of carbonyl (C=O) groups excluding carboxylic acids is 1. The molecule has 0 spiro atoms. The van der Waals surface area contributed by atoms with E-state index in [0.717, 1.165) is 35.6 Å². The van der Waals surface area contributed by atoms with Gasteiger partial charge in [0, 0.05) is 23.8 Å². The summed E-state index contributed by atoms with van der Waals surface area (Å²) in [5.41, 5.74) is 7.95. The summed E-state index contributed by atoms with van der Waals surface area (Å²) in [6.45, 7) is 16.6. The van der Waals surface area contributed by atoms with Gasteiger partial charge < -0.3 is 46.4 Å². The van der Waals surface area contributed by atoms with Crippen molar-refractivity contribution in [3.05, 3.63) is 54.0 Å². The van der Waals surface area contributed by atoms with Gasteiger partial charge in [0.1, 0.15) is 36.6 Å². The van der Waals surface area contributed by atoms with E-state index >= 15 is 0 Å². The van der Waals surface area contributed by atoms with Gasteiger partial charge >= 0.3 is 6.09 Å². The monoisotopic (exact) mass is 626 g/mol. The summed E-state index contributed by atoms with van der Waals surface area (Å²) >= 11 is 0. The molecule has 13 heteroatoms. The Morgan fingerprint density at radius 1 is 1.29 bits per heavy atom. The predicted molar refractivity (Wildman–Crippen MR) is 178 cm³/mol. The lowest BCUT2D eigenvalue weighted by Crippen LogP contribution is -2.48. The van der Waals surface area contributed by atoms with Gasteiger partial charge in [0.05, 0.1) is 24.4 Å². The summed E-state index contributed by atoms with van der Waals surface area (Å²) in [6.07, 6.45) is 5.08. The molecular formula is C32H50N8O5. The lowest BCUT2D eigenvalue weighted by molar-refractivity contribution is 0.0422. The van der Waals surface area contributed by atoms with Crippen LogP contribution in [-0.2, 0) is 9.47 Å². The number of nitrogens with two attached hydrogens (primary N) is 1. The van der Waals surface area contributed by atoms with Gasteiger partial charge in [-0.25, -0.2) is 14.8 Å². The molecule has 3 rings (SSSR count). The average Bonchev–Trinajstić information content (AvgIpc) is 3.47. The second kappa shape index (κ2) is 16.4. The Hall–Kier alpha value is -3.91. The van der Waals surface area contributed by atoms with E-state index in [0.29, 0.717) is 18.1 Å². The molecule has 1 amide bonds. The summed E-state index contributed by atoms with van der Waals surface area (Å²) in [6, 6.07) is 4.75. The fourth-order valence-corrected chi connectivity index (χ4v) is 5.00. The Kier molecular flexibility index (Phi) is 13.0. The smallest absolute Gasteiger partial charge is 0.408 e. The largest absolute Gasteiger partial charge is 0.492 e. The topological polar surface area (TPSA) is 182 Å². The molecular weight excluding hydrogens is 576 g/mol. The van der Waals surface area contributed by atoms with Crippen LogP contribution in [0.3, 0.4) is 0 Å². The van der Waals surface area contributed by atoms with Crippen molar-refractivity contribution < 1.29 is 24.5 Å². The van der Waals surface area contributed by atoms with Crippen molar-refractivity contribution in [2.24, 2.45) is 10.7 Å². The van der Waals surface area contributed by atoms with Crippen LogP contribution in [0.5, 0.6) is 0 Å². The zero-order valence-electron chi connectivity index (χ0n) is 27.2. The van der Waals surface area contributed by atoms with E-state index in [1.54, 1.807) is 39.5 Å². The average molecular weight is 627 g/mol. The number of nitrogens with one attached hydrogen (secondary N) is 4. The first-order valence-electron chi connectivity index (χ1n) is 15.4. The highest BCUT2D eigenvalue weighted by Crippen LogP contribution is 2.31. The maximum Gasteiger partial charge on any atom is 0.408 e. The number of hydrogen-bond donors (Lipinski definition) is 7. The number of amides is 1. The van der Waals surface area contributed by atoms with Crippen molar-refractivity contribution in [1.82, 2.24) is 20.2 Å². The molecule has 1 aromatic heterocycles. The number of hydrogen-bond acceptors (Lipinski definition) is 11. The molecule has 0 aliphatic carbocycles. The number of aliphatic hydroxyl groups is 2. The number of alkyl carbamates (subject to hydrolysis) is 1. The minimum Gasteiger partial charge on any atom is -0.492 e. The summed E-state index contributed by atoms with van der Waals surface area (Å²) in [4.78, 5) is 27.0. The fourth-order valence-electron chi connectivity index (χ4n) is 5.00. The first-order chi connectivity index (χ1) is 21.4. The van der Waals surface area contributed by atoms with Crippen LogP contribution in [0.2, 0.25) is 0 Å². The van der Waals surface area contributed by atoms with Crippen molar-refractivity contribution in [2.75, 3.05) is 23.8 Å². The van der Waals surface area contributed by atoms with Gasteiger partial charge in [-0.05, 0) is 77.7 Å². The molecule has 0 radical (unpaired) electrons. The van der Waals surface area contributed by atoms with E-state index in [1.165, 1.54) is 0 Å². The SMILES string of the molecule is C=Cc1ccc(NC(O)C(CCC(N)O)NC(=O)OC(C)(C)C)cc1C(=CC)OCC(C)N(CCC)C1N=CNc2nc[nH]c21. The lowest BCUT2D eigenvalue weighted by Gasteiger charge is -2.35. The number of anilines is 2. The number of ether oxygens (including phenoxy) is 2. The quantitative estimate of drug-likeness (QED) is 0.104. The van der Waals surface area contributed by atoms with Crippen LogP contribution in [-0.4, -0.2) is 80.8 Å². The summed E-state index contributed by atoms with van der Waals surface area (Å²) < 4.78 is 11.8. The highest BCUT2D eigenvalue weighted by atomic mass is 16.6. The van der Waals surface area contributed by atoms with Crippen molar-refractivity contribution in [3.63, 3.8) is 0 Å². The third-order valence-electron chi connectivity index (χ3n) is 7.16. The molecule has 45 heavy (non-hydrogen) atoms. The number of imidazole rings is 1. The fraction of sp³-hybridized carbons (Fsp3) is 0.531. The van der Waals surface area contributed by atoms with Crippen LogP contribution >= 0.6 is 0 Å². The maximum absolute atomic E-state index is 12.5. The van der Waals surface area contributed by atoms with Crippen molar-refractivity contribution in [2.45, 2.75) is 97.1 Å². The lowest BCUT2D eigenvalue weighted by atomic mass is 10.0. The molecule has 0 saturated heterocycles. The molecule has 0 bridgehead atoms. The van der Waals surface area contributed by atoms with Gasteiger partial charge in [-0.3, -0.25) is 4.90 Å². The van der Waals surface area contributed by atoms with Crippen LogP contribution in [0.25, 0.3) is 11.8 Å². The van der Waals surface area contributed by atoms with Gasteiger partial charge in [0.15, 0.2) is 5.82 Å². The standard InChI is InChI=1S/C32H50N8O5/c1-8-15-40(29-27-28(35-18-34-27)36-19-37-29)20(4)17-44-25(10-3)23-16-22(12-11-21(23)9-2)38-30(42)24(13-14-26(33)41)39-31(43)45-32(5,6)7/h9-12,16,18-20,24,26,29-30,38,41-42H,2,8,13-15,17,33H2,1,3-7H3,(H,34,35)(H,36,37)(H,39,43). The highest BCUT2D eigenvalue weighted by molar-refractivity contribution is 5.77. The molecule has 8 N–H and O–H groups in total. The van der Waals surface area contributed by atoms with E-state index in [4.69, 9.17) is 15.2 Å². The van der Waals surface area contributed by atoms with Gasteiger partial charge in [0.2, 0.25) is 0 Å². The number of H-pyrrole nitrogens is 1. The van der Waals surface area contributed by atoms with Crippen LogP contribution in [0.4, 0.5) is 16.3 Å². The van der Waals surface area contributed by atoms with E-state index in [-0.39, 0.29) is 25.0 Å². The maximum atomic E-state index is 12.5. The molecule has 2 heterocycles. The zero-order chi connectivity index (χ0) is 33.1. The Labute approximate surface area is 266 Å². The number of rotatable bonds is 16. The Morgan fingerprint density at radius 2 is 2.04 bits per heavy atom. The van der Waals surface area contributed by atoms with E-state index in [9.17, 15) is 15.0 Å². The van der Waals surface area contributed by atoms with Crippen molar-refractivity contribution in [1.29, 1.82) is 0 Å². The third-order valence-corrected chi connectivity index (χ3v) is 7.16. The number of benzene rings is 1. The van der Waals surface area contributed by atoms with E-state index in [2.05, 4.69) is 56.2 Å². The number of aromatic nitrogens is 2. The zero-order valence-corrected chi connectivity index (χ0v) is 27.2. The van der Waals surface area contributed by atoms with Gasteiger partial charge in [-0.15, -0.1) is 0 Å². The van der Waals surface area contributed by atoms with Crippen LogP contribution in [0.1, 0.15) is 83.8 Å². The molecule has 1 aliphatic rings. The predicted octanol–water partition coefficient (Wildman–Crippen LogP) is 4.36. The van der Waals surface area contributed by atoms with E-state index in [1.807, 2.05) is 31.2 Å². The summed E-state index contributed by atoms with van der Waals surface area (Å²) in [7, 11) is 0. The Morgan fingerprint density at radius 3 is 2.69 bits per heavy atom. The minimum atomic E-state index is -1.21. The van der Waals surface area contributed by atoms with Gasteiger partial charge in [-0.2, -0.15) is 0 Å². The number of aliphatic imine (C=N–C) groups is 1. The number of nitrogens with zero attached hydrogens (tertiary/aromatic N) is 3. The third kappa shape index (κ3) is 10.3. The Balaban J connectivity index is 1.76. The normalized spacial score (nSPS) is 17.5. The second-order valence-electron chi connectivity index (χ2n) is 12.0. The first-order valence-corrected chi connectivity index (χ1v) is 15.4. The molecule has 0 saturated carbocycles. The molecule has 0 fully saturated rings. The second-order valence-corrected chi connectivity index (χ2v) is 12.0. The van der Waals surface area contributed by atoms with Gasteiger partial charge in [-0.1, -0.05) is 25.6 Å². The molecule has 2 aromatic rings. The molecule has 248 valence electrons. The van der Waals surface area contributed by atoms with Crippen LogP contribution in [0, 0.1) is 0 Å². The molecule has 1 aliphatic heterocycles. The number of aromatic amines is 1. The number of carbonyl (C=O) groups is 1. The molecule has 5 atom stereocenters. The Bertz CT molecular complexity index is 1320. The number of fused-ring (bicyclic) bond motifs is 1. The van der Waals surface area contributed by atoms with Gasteiger partial charge in [0.25, 0.3) is 0 Å². The first kappa shape index (κ1) is 35.6. The summed E-state index contributed by atoms with van der Waals surface area (Å²) in [5, 5.41) is 29.6. The summed E-state index contributed by atoms with van der Waals surface area (Å²) in [5.74, 6) is 1.42. The van der Waals surface area contributed by atoms with Crippen molar-refractivity contribution in [3.8, 4) is 0 Å². The van der Waals surface area contributed by atoms with Crippen LogP contribution in [0.15, 0.2) is 42.2 Å². The molecule has 1 aromatic carbocycles. The molecule has 13 nitrogen and oxygen atoms in total.